The van der Waals surface area contributed by atoms with E-state index in [9.17, 15) is 0 Å². The second kappa shape index (κ2) is 4.77. The maximum absolute atomic E-state index is 3.55. The van der Waals surface area contributed by atoms with Gasteiger partial charge in [-0.3, -0.25) is 0 Å². The molecule has 0 bridgehead atoms. The maximum atomic E-state index is 3.55. The van der Waals surface area contributed by atoms with Gasteiger partial charge >= 0.3 is 0 Å². The zero-order chi connectivity index (χ0) is 9.14. The van der Waals surface area contributed by atoms with Crippen molar-refractivity contribution in [3.63, 3.8) is 0 Å². The smallest absolute Gasteiger partial charge is 0.0221 e. The van der Waals surface area contributed by atoms with Crippen LogP contribution in [0.3, 0.4) is 0 Å². The van der Waals surface area contributed by atoms with Crippen LogP contribution in [0, 0.1) is 6.92 Å². The number of rotatable bonds is 2. The van der Waals surface area contributed by atoms with Gasteiger partial charge < -0.3 is 0 Å². The van der Waals surface area contributed by atoms with Crippen molar-refractivity contribution in [2.45, 2.75) is 13.3 Å². The number of hydrogen-bond acceptors (Lipinski definition) is 0. The fraction of sp³-hybridized carbons (Fsp3) is 0.333. The summed E-state index contributed by atoms with van der Waals surface area (Å²) >= 11 is 10.5. The van der Waals surface area contributed by atoms with Crippen LogP contribution in [0.1, 0.15) is 11.1 Å². The van der Waals surface area contributed by atoms with Crippen molar-refractivity contribution in [2.75, 3.05) is 5.33 Å². The summed E-state index contributed by atoms with van der Waals surface area (Å²) in [4.78, 5) is 0. The first kappa shape index (κ1) is 10.7. The van der Waals surface area contributed by atoms with Gasteiger partial charge in [-0.1, -0.05) is 47.8 Å². The van der Waals surface area contributed by atoms with Gasteiger partial charge in [-0.2, -0.15) is 0 Å². The van der Waals surface area contributed by atoms with Crippen molar-refractivity contribution >= 4 is 47.8 Å². The van der Waals surface area contributed by atoms with Gasteiger partial charge in [-0.15, -0.1) is 0 Å². The molecule has 1 aromatic carbocycles. The van der Waals surface area contributed by atoms with Crippen LogP contribution in [0.2, 0.25) is 0 Å². The zero-order valence-corrected chi connectivity index (χ0v) is 11.5. The summed E-state index contributed by atoms with van der Waals surface area (Å²) in [6, 6.07) is 4.28. The van der Waals surface area contributed by atoms with Crippen LogP contribution >= 0.6 is 47.8 Å². The summed E-state index contributed by atoms with van der Waals surface area (Å²) in [5.74, 6) is 0. The van der Waals surface area contributed by atoms with E-state index < -0.39 is 0 Å². The molecule has 0 aliphatic rings. The van der Waals surface area contributed by atoms with Crippen LogP contribution in [0.4, 0.5) is 0 Å². The van der Waals surface area contributed by atoms with Crippen molar-refractivity contribution in [1.29, 1.82) is 0 Å². The minimum Gasteiger partial charge on any atom is -0.0924 e. The Morgan fingerprint density at radius 1 is 1.17 bits per heavy atom. The molecule has 0 saturated heterocycles. The molecule has 0 aliphatic carbocycles. The quantitative estimate of drug-likeness (QED) is 0.686. The van der Waals surface area contributed by atoms with E-state index in [0.29, 0.717) is 0 Å². The Hall–Kier alpha value is 0.660. The molecule has 0 heterocycles. The summed E-state index contributed by atoms with van der Waals surface area (Å²) in [5.41, 5.74) is 2.60. The summed E-state index contributed by atoms with van der Waals surface area (Å²) in [6.07, 6.45) is 1.04. The highest BCUT2D eigenvalue weighted by Gasteiger charge is 2.04. The van der Waals surface area contributed by atoms with Crippen LogP contribution < -0.4 is 0 Å². The molecule has 0 aromatic heterocycles. The fourth-order valence-corrected chi connectivity index (χ4v) is 3.27. The molecule has 0 spiro atoms. The van der Waals surface area contributed by atoms with Crippen molar-refractivity contribution in [1.82, 2.24) is 0 Å². The molecule has 0 atom stereocenters. The van der Waals surface area contributed by atoms with E-state index >= 15 is 0 Å². The number of benzene rings is 1. The third-order valence-electron chi connectivity index (χ3n) is 1.63. The summed E-state index contributed by atoms with van der Waals surface area (Å²) in [7, 11) is 0. The molecule has 0 aliphatic heterocycles. The van der Waals surface area contributed by atoms with E-state index in [1.807, 2.05) is 0 Å². The topological polar surface area (TPSA) is 0 Å². The van der Waals surface area contributed by atoms with E-state index in [-0.39, 0.29) is 0 Å². The third-order valence-corrected chi connectivity index (χ3v) is 3.44. The Labute approximate surface area is 98.1 Å². The highest BCUT2D eigenvalue weighted by molar-refractivity contribution is 9.11. The molecule has 1 aromatic rings. The molecule has 12 heavy (non-hydrogen) atoms. The molecule has 66 valence electrons. The Morgan fingerprint density at radius 3 is 2.08 bits per heavy atom. The van der Waals surface area contributed by atoms with E-state index in [2.05, 4.69) is 66.8 Å². The van der Waals surface area contributed by atoms with E-state index in [4.69, 9.17) is 0 Å². The molecule has 0 fully saturated rings. The van der Waals surface area contributed by atoms with Crippen LogP contribution in [0.5, 0.6) is 0 Å². The summed E-state index contributed by atoms with van der Waals surface area (Å²) in [6.45, 7) is 2.09. The van der Waals surface area contributed by atoms with Gasteiger partial charge in [-0.25, -0.2) is 0 Å². The lowest BCUT2D eigenvalue weighted by atomic mass is 10.1. The predicted octanol–water partition coefficient (Wildman–Crippen LogP) is 4.46. The van der Waals surface area contributed by atoms with Crippen molar-refractivity contribution in [3.05, 3.63) is 32.2 Å². The van der Waals surface area contributed by atoms with Gasteiger partial charge in [0, 0.05) is 14.3 Å². The first-order valence-electron chi connectivity index (χ1n) is 3.65. The van der Waals surface area contributed by atoms with Crippen molar-refractivity contribution < 1.29 is 0 Å². The summed E-state index contributed by atoms with van der Waals surface area (Å²) in [5, 5.41) is 0.993. The average molecular weight is 357 g/mol. The molecule has 0 unspecified atom stereocenters. The highest BCUT2D eigenvalue weighted by atomic mass is 79.9. The second-order valence-electron chi connectivity index (χ2n) is 2.65. The molecule has 0 amide bonds. The SMILES string of the molecule is Cc1cc(Br)c(CCBr)c(Br)c1. The molecule has 0 nitrogen and oxygen atoms in total. The van der Waals surface area contributed by atoms with Crippen LogP contribution in [0.25, 0.3) is 0 Å². The Morgan fingerprint density at radius 2 is 1.67 bits per heavy atom. The fourth-order valence-electron chi connectivity index (χ4n) is 1.06. The summed E-state index contributed by atoms with van der Waals surface area (Å²) < 4.78 is 2.38. The Bertz CT molecular complexity index is 258. The molecular formula is C9H9Br3. The van der Waals surface area contributed by atoms with Crippen LogP contribution in [-0.2, 0) is 6.42 Å². The van der Waals surface area contributed by atoms with Gasteiger partial charge in [-0.05, 0) is 36.6 Å². The van der Waals surface area contributed by atoms with Crippen LogP contribution in [0.15, 0.2) is 21.1 Å². The van der Waals surface area contributed by atoms with E-state index in [1.54, 1.807) is 0 Å². The minimum atomic E-state index is 0.993. The number of aryl methyl sites for hydroxylation is 1. The first-order chi connectivity index (χ1) is 5.65. The molecule has 0 radical (unpaired) electrons. The average Bonchev–Trinajstić information content (AvgIpc) is 1.96. The second-order valence-corrected chi connectivity index (χ2v) is 5.15. The third kappa shape index (κ3) is 2.57. The molecule has 3 heteroatoms. The Kier molecular flexibility index (Phi) is 4.27. The largest absolute Gasteiger partial charge is 0.0924 e. The standard InChI is InChI=1S/C9H9Br3/c1-6-4-8(11)7(2-3-10)9(12)5-6/h4-5H,2-3H2,1H3. The maximum Gasteiger partial charge on any atom is 0.0221 e. The minimum absolute atomic E-state index is 0.993. The molecular weight excluding hydrogens is 348 g/mol. The van der Waals surface area contributed by atoms with Gasteiger partial charge in [0.15, 0.2) is 0 Å². The van der Waals surface area contributed by atoms with Crippen molar-refractivity contribution in [2.24, 2.45) is 0 Å². The number of alkyl halides is 1. The van der Waals surface area contributed by atoms with Gasteiger partial charge in [0.25, 0.3) is 0 Å². The van der Waals surface area contributed by atoms with Crippen LogP contribution in [-0.4, -0.2) is 5.33 Å². The van der Waals surface area contributed by atoms with Gasteiger partial charge in [0.1, 0.15) is 0 Å². The van der Waals surface area contributed by atoms with E-state index in [1.165, 1.54) is 20.1 Å². The number of halogens is 3. The molecule has 1 rings (SSSR count). The Balaban J connectivity index is 3.10. The molecule has 0 saturated carbocycles. The lowest BCUT2D eigenvalue weighted by Crippen LogP contribution is -1.90. The zero-order valence-electron chi connectivity index (χ0n) is 6.70. The van der Waals surface area contributed by atoms with E-state index in [0.717, 1.165) is 11.8 Å². The number of hydrogen-bond donors (Lipinski definition) is 0. The lowest BCUT2D eigenvalue weighted by Gasteiger charge is -2.06. The van der Waals surface area contributed by atoms with Crippen molar-refractivity contribution in [3.8, 4) is 0 Å². The predicted molar refractivity (Wildman–Crippen MR) is 64.1 cm³/mol. The van der Waals surface area contributed by atoms with Gasteiger partial charge in [0.2, 0.25) is 0 Å². The van der Waals surface area contributed by atoms with Gasteiger partial charge in [0.05, 0.1) is 0 Å². The molecule has 0 N–H and O–H groups in total. The highest BCUT2D eigenvalue weighted by Crippen LogP contribution is 2.27. The normalized spacial score (nSPS) is 10.3. The monoisotopic (exact) mass is 354 g/mol. The first-order valence-corrected chi connectivity index (χ1v) is 6.36. The lowest BCUT2D eigenvalue weighted by molar-refractivity contribution is 1.13.